The number of hydrogen-bond donors (Lipinski definition) is 2. The Kier molecular flexibility index (Phi) is 3.06. The van der Waals surface area contributed by atoms with Crippen molar-refractivity contribution in [2.45, 2.75) is 26.2 Å². The maximum atomic E-state index is 10.2. The van der Waals surface area contributed by atoms with Crippen LogP contribution in [0.15, 0.2) is 6.07 Å². The number of phenolic OH excluding ortho intramolecular Hbond substituents is 1. The van der Waals surface area contributed by atoms with Crippen LogP contribution < -0.4 is 10.1 Å². The smallest absolute Gasteiger partial charge is 0.125 e. The van der Waals surface area contributed by atoms with Crippen molar-refractivity contribution in [2.75, 3.05) is 20.2 Å². The standard InChI is InChI=1S/C13H19NO2/c1-8-6-11(16-3)9(2)13(15)12(8)10-4-5-14-7-10/h6,10,14-15H,4-5,7H2,1-3H3. The van der Waals surface area contributed by atoms with Crippen molar-refractivity contribution in [1.82, 2.24) is 5.32 Å². The number of ether oxygens (including phenoxy) is 1. The topological polar surface area (TPSA) is 41.5 Å². The second-order valence-electron chi connectivity index (χ2n) is 4.47. The van der Waals surface area contributed by atoms with Gasteiger partial charge in [0.1, 0.15) is 11.5 Å². The Morgan fingerprint density at radius 3 is 2.75 bits per heavy atom. The molecule has 16 heavy (non-hydrogen) atoms. The summed E-state index contributed by atoms with van der Waals surface area (Å²) < 4.78 is 5.25. The van der Waals surface area contributed by atoms with Crippen LogP contribution in [0.25, 0.3) is 0 Å². The number of nitrogens with one attached hydrogen (secondary N) is 1. The second-order valence-corrected chi connectivity index (χ2v) is 4.47. The van der Waals surface area contributed by atoms with Gasteiger partial charge in [0.25, 0.3) is 0 Å². The van der Waals surface area contributed by atoms with Gasteiger partial charge >= 0.3 is 0 Å². The lowest BCUT2D eigenvalue weighted by molar-refractivity contribution is 0.399. The molecule has 3 nitrogen and oxygen atoms in total. The Balaban J connectivity index is 2.48. The SMILES string of the molecule is COc1cc(C)c(C2CCNC2)c(O)c1C. The van der Waals surface area contributed by atoms with Gasteiger partial charge in [-0.3, -0.25) is 0 Å². The van der Waals surface area contributed by atoms with Crippen molar-refractivity contribution < 1.29 is 9.84 Å². The highest BCUT2D eigenvalue weighted by Gasteiger charge is 2.23. The first-order valence-electron chi connectivity index (χ1n) is 5.73. The third kappa shape index (κ3) is 1.76. The lowest BCUT2D eigenvalue weighted by Crippen LogP contribution is -2.09. The lowest BCUT2D eigenvalue weighted by atomic mass is 9.91. The predicted octanol–water partition coefficient (Wildman–Crippen LogP) is 2.09. The molecule has 0 aromatic heterocycles. The van der Waals surface area contributed by atoms with Gasteiger partial charge in [0.15, 0.2) is 0 Å². The maximum absolute atomic E-state index is 10.2. The van der Waals surface area contributed by atoms with Gasteiger partial charge in [-0.2, -0.15) is 0 Å². The van der Waals surface area contributed by atoms with Crippen LogP contribution in [0.2, 0.25) is 0 Å². The Morgan fingerprint density at radius 1 is 1.44 bits per heavy atom. The second kappa shape index (κ2) is 4.34. The van der Waals surface area contributed by atoms with Gasteiger partial charge in [0, 0.05) is 23.6 Å². The molecule has 0 aliphatic carbocycles. The van der Waals surface area contributed by atoms with E-state index in [9.17, 15) is 5.11 Å². The summed E-state index contributed by atoms with van der Waals surface area (Å²) in [6, 6.07) is 2.02. The molecule has 1 aromatic rings. The summed E-state index contributed by atoms with van der Waals surface area (Å²) in [6.45, 7) is 5.93. The zero-order valence-corrected chi connectivity index (χ0v) is 10.1. The fourth-order valence-corrected chi connectivity index (χ4v) is 2.52. The molecule has 0 amide bonds. The molecule has 1 atom stereocenters. The molecule has 1 saturated heterocycles. The van der Waals surface area contributed by atoms with Crippen LogP contribution in [0.4, 0.5) is 0 Å². The monoisotopic (exact) mass is 221 g/mol. The molecule has 1 aliphatic rings. The van der Waals surface area contributed by atoms with Crippen LogP contribution in [0.3, 0.4) is 0 Å². The minimum Gasteiger partial charge on any atom is -0.507 e. The molecule has 0 radical (unpaired) electrons. The van der Waals surface area contributed by atoms with Crippen molar-refractivity contribution in [3.05, 3.63) is 22.8 Å². The van der Waals surface area contributed by atoms with E-state index in [4.69, 9.17) is 4.74 Å². The molecular formula is C13H19NO2. The first kappa shape index (κ1) is 11.3. The molecular weight excluding hydrogens is 202 g/mol. The molecule has 1 aromatic carbocycles. The first-order chi connectivity index (χ1) is 7.65. The van der Waals surface area contributed by atoms with E-state index in [1.807, 2.05) is 19.9 Å². The summed E-state index contributed by atoms with van der Waals surface area (Å²) in [5.74, 6) is 1.61. The molecule has 0 spiro atoms. The third-order valence-corrected chi connectivity index (χ3v) is 3.44. The molecule has 1 aliphatic heterocycles. The Bertz CT molecular complexity index is 395. The zero-order chi connectivity index (χ0) is 11.7. The molecule has 88 valence electrons. The minimum absolute atomic E-state index is 0.408. The van der Waals surface area contributed by atoms with E-state index in [0.29, 0.717) is 11.7 Å². The lowest BCUT2D eigenvalue weighted by Gasteiger charge is -2.18. The highest BCUT2D eigenvalue weighted by atomic mass is 16.5. The Hall–Kier alpha value is -1.22. The van der Waals surface area contributed by atoms with Crippen molar-refractivity contribution in [3.63, 3.8) is 0 Å². The summed E-state index contributed by atoms with van der Waals surface area (Å²) in [4.78, 5) is 0. The first-order valence-corrected chi connectivity index (χ1v) is 5.73. The Labute approximate surface area is 96.4 Å². The van der Waals surface area contributed by atoms with Gasteiger partial charge in [-0.05, 0) is 38.4 Å². The highest BCUT2D eigenvalue weighted by molar-refractivity contribution is 5.54. The molecule has 0 bridgehead atoms. The van der Waals surface area contributed by atoms with Gasteiger partial charge in [-0.15, -0.1) is 0 Å². The normalized spacial score (nSPS) is 20.1. The summed E-state index contributed by atoms with van der Waals surface area (Å²) >= 11 is 0. The zero-order valence-electron chi connectivity index (χ0n) is 10.1. The molecule has 3 heteroatoms. The van der Waals surface area contributed by atoms with Crippen LogP contribution in [0, 0.1) is 13.8 Å². The average Bonchev–Trinajstić information content (AvgIpc) is 2.77. The molecule has 2 rings (SSSR count). The summed E-state index contributed by atoms with van der Waals surface area (Å²) in [5, 5.41) is 13.6. The molecule has 2 N–H and O–H groups in total. The van der Waals surface area contributed by atoms with Crippen molar-refractivity contribution in [2.24, 2.45) is 0 Å². The number of aromatic hydroxyl groups is 1. The fourth-order valence-electron chi connectivity index (χ4n) is 2.52. The highest BCUT2D eigenvalue weighted by Crippen LogP contribution is 2.39. The van der Waals surface area contributed by atoms with Gasteiger partial charge in [-0.25, -0.2) is 0 Å². The van der Waals surface area contributed by atoms with E-state index in [1.165, 1.54) is 0 Å². The van der Waals surface area contributed by atoms with Gasteiger partial charge in [0.2, 0.25) is 0 Å². The fraction of sp³-hybridized carbons (Fsp3) is 0.538. The van der Waals surface area contributed by atoms with E-state index >= 15 is 0 Å². The number of benzene rings is 1. The number of phenols is 1. The van der Waals surface area contributed by atoms with Crippen LogP contribution in [-0.4, -0.2) is 25.3 Å². The summed E-state index contributed by atoms with van der Waals surface area (Å²) in [5.41, 5.74) is 3.05. The molecule has 1 heterocycles. The average molecular weight is 221 g/mol. The van der Waals surface area contributed by atoms with Gasteiger partial charge in [0.05, 0.1) is 7.11 Å². The van der Waals surface area contributed by atoms with Gasteiger partial charge in [-0.1, -0.05) is 0 Å². The number of hydrogen-bond acceptors (Lipinski definition) is 3. The number of aryl methyl sites for hydroxylation is 1. The quantitative estimate of drug-likeness (QED) is 0.803. The van der Waals surface area contributed by atoms with Crippen LogP contribution >= 0.6 is 0 Å². The van der Waals surface area contributed by atoms with Crippen LogP contribution in [-0.2, 0) is 0 Å². The summed E-state index contributed by atoms with van der Waals surface area (Å²) in [7, 11) is 1.64. The molecule has 0 saturated carbocycles. The largest absolute Gasteiger partial charge is 0.507 e. The molecule has 1 fully saturated rings. The predicted molar refractivity (Wildman–Crippen MR) is 64.4 cm³/mol. The van der Waals surface area contributed by atoms with E-state index in [2.05, 4.69) is 5.32 Å². The number of methoxy groups -OCH3 is 1. The van der Waals surface area contributed by atoms with E-state index in [1.54, 1.807) is 7.11 Å². The summed E-state index contributed by atoms with van der Waals surface area (Å²) in [6.07, 6.45) is 1.10. The van der Waals surface area contributed by atoms with Crippen LogP contribution in [0.1, 0.15) is 29.0 Å². The Morgan fingerprint density at radius 2 is 2.19 bits per heavy atom. The number of rotatable bonds is 2. The van der Waals surface area contributed by atoms with E-state index in [-0.39, 0.29) is 0 Å². The van der Waals surface area contributed by atoms with E-state index < -0.39 is 0 Å². The molecule has 1 unspecified atom stereocenters. The van der Waals surface area contributed by atoms with E-state index in [0.717, 1.165) is 42.0 Å². The van der Waals surface area contributed by atoms with Crippen LogP contribution in [0.5, 0.6) is 11.5 Å². The minimum atomic E-state index is 0.408. The van der Waals surface area contributed by atoms with Crippen molar-refractivity contribution in [1.29, 1.82) is 0 Å². The van der Waals surface area contributed by atoms with Crippen molar-refractivity contribution >= 4 is 0 Å². The third-order valence-electron chi connectivity index (χ3n) is 3.44. The maximum Gasteiger partial charge on any atom is 0.125 e. The van der Waals surface area contributed by atoms with Crippen molar-refractivity contribution in [3.8, 4) is 11.5 Å². The van der Waals surface area contributed by atoms with Gasteiger partial charge < -0.3 is 15.2 Å².